The summed E-state index contributed by atoms with van der Waals surface area (Å²) in [6.45, 7) is 1.13. The summed E-state index contributed by atoms with van der Waals surface area (Å²) in [7, 11) is 0. The van der Waals surface area contributed by atoms with Gasteiger partial charge in [-0.2, -0.15) is 13.2 Å². The summed E-state index contributed by atoms with van der Waals surface area (Å²) in [6, 6.07) is -4.13. The number of halogens is 34. The molecule has 0 heterocycles. The molecular formula is C26H12F34Se. The zero-order valence-corrected chi connectivity index (χ0v) is 29.3. The van der Waals surface area contributed by atoms with E-state index in [2.05, 4.69) is 0 Å². The molecule has 1 aromatic rings. The second kappa shape index (κ2) is 15.2. The second-order valence-electron chi connectivity index (χ2n) is 11.9. The minimum absolute atomic E-state index is 0.190. The van der Waals surface area contributed by atoms with Gasteiger partial charge in [-0.05, 0) is 0 Å². The van der Waals surface area contributed by atoms with Gasteiger partial charge >= 0.3 is 305 Å². The fourth-order valence-electron chi connectivity index (χ4n) is 4.10. The third kappa shape index (κ3) is 7.47. The summed E-state index contributed by atoms with van der Waals surface area (Å²) in [5.41, 5.74) is -7.70. The van der Waals surface area contributed by atoms with Crippen LogP contribution in [0.3, 0.4) is 0 Å². The second-order valence-corrected chi connectivity index (χ2v) is 14.3. The molecule has 0 spiro atoms. The van der Waals surface area contributed by atoms with Crippen LogP contribution in [0.2, 0.25) is 5.32 Å². The van der Waals surface area contributed by atoms with Crippen LogP contribution >= 0.6 is 0 Å². The van der Waals surface area contributed by atoms with Crippen molar-refractivity contribution >= 4 is 19.4 Å². The van der Waals surface area contributed by atoms with E-state index in [9.17, 15) is 140 Å². The summed E-state index contributed by atoms with van der Waals surface area (Å²) in [4.78, 5) is 0. The summed E-state index contributed by atoms with van der Waals surface area (Å²) in [5.74, 6) is -125. The molecule has 360 valence electrons. The first-order chi connectivity index (χ1) is 26.2. The Morgan fingerprint density at radius 3 is 0.885 bits per heavy atom. The molecule has 0 aliphatic carbocycles. The number of rotatable bonds is 18. The van der Waals surface area contributed by atoms with Gasteiger partial charge < -0.3 is 0 Å². The molecular weight excluding hydrogens is 1040 g/mol. The van der Waals surface area contributed by atoms with E-state index in [1.807, 2.05) is 0 Å². The van der Waals surface area contributed by atoms with Crippen molar-refractivity contribution in [1.82, 2.24) is 0 Å². The Labute approximate surface area is 319 Å². The zero-order valence-electron chi connectivity index (χ0n) is 27.6. The number of hydrogen-bond donors (Lipinski definition) is 0. The summed E-state index contributed by atoms with van der Waals surface area (Å²) in [6.07, 6.45) is -17.0. The minimum atomic E-state index is -9.35. The molecule has 0 saturated heterocycles. The molecule has 0 radical (unpaired) electrons. The predicted molar refractivity (Wildman–Crippen MR) is 131 cm³/mol. The molecule has 1 rings (SSSR count). The fraction of sp³-hybridized carbons (Fsp3) is 0.769. The predicted octanol–water partition coefficient (Wildman–Crippen LogP) is 13.2. The monoisotopic (exact) mass is 1050 g/mol. The number of unbranched alkanes of at least 4 members (excludes halogenated alkanes) is 1. The van der Waals surface area contributed by atoms with E-state index in [1.54, 1.807) is 0 Å². The molecule has 0 bridgehead atoms. The Morgan fingerprint density at radius 1 is 0.344 bits per heavy atom. The van der Waals surface area contributed by atoms with Crippen molar-refractivity contribution in [2.75, 3.05) is 0 Å². The third-order valence-corrected chi connectivity index (χ3v) is 10.3. The molecule has 1 aromatic carbocycles. The molecule has 0 unspecified atom stereocenters. The van der Waals surface area contributed by atoms with Gasteiger partial charge in [0.15, 0.2) is 0 Å². The molecule has 61 heavy (non-hydrogen) atoms. The van der Waals surface area contributed by atoms with Crippen LogP contribution in [0.5, 0.6) is 0 Å². The quantitative estimate of drug-likeness (QED) is 0.0781. The Kier molecular flexibility index (Phi) is 14.1. The summed E-state index contributed by atoms with van der Waals surface area (Å²) < 4.78 is 467. The molecule has 35 heteroatoms. The first kappa shape index (κ1) is 56.4. The molecule has 0 fully saturated rings. The van der Waals surface area contributed by atoms with Gasteiger partial charge in [0.1, 0.15) is 0 Å². The average molecular weight is 1050 g/mol. The van der Waals surface area contributed by atoms with Crippen molar-refractivity contribution in [2.24, 2.45) is 0 Å². The van der Waals surface area contributed by atoms with E-state index < -0.39 is 156 Å². The Morgan fingerprint density at radius 2 is 0.607 bits per heavy atom. The first-order valence-corrected chi connectivity index (χ1v) is 16.4. The number of benzene rings is 1. The van der Waals surface area contributed by atoms with E-state index in [0.717, 1.165) is 6.92 Å². The third-order valence-electron chi connectivity index (χ3n) is 7.88. The van der Waals surface area contributed by atoms with Crippen molar-refractivity contribution in [3.8, 4) is 0 Å². The van der Waals surface area contributed by atoms with Gasteiger partial charge in [-0.1, -0.05) is 0 Å². The Bertz CT molecular complexity index is 1710. The standard InChI is InChI=1S/C26H12F34Se/c1-2-3-6-61-10-5-4-8(11(27,28)13(31,32)15(35,36)17(39,40)19(43,44)21(47,48)23(51,52)25(55,56)57)7-9(10)12(29,30)14(33,34)16(37,38)18(41,42)20(45,46)22(49,50)24(53,54)26(58,59)60/h4-5,7H,2-3,6H2,1H3. The Hall–Kier alpha value is -2.64. The van der Waals surface area contributed by atoms with Gasteiger partial charge in [0, 0.05) is 0 Å². The van der Waals surface area contributed by atoms with Crippen molar-refractivity contribution in [1.29, 1.82) is 0 Å². The number of alkyl halides is 34. The molecule has 0 saturated carbocycles. The molecule has 0 aliphatic heterocycles. The van der Waals surface area contributed by atoms with Crippen LogP contribution in [-0.2, 0) is 11.8 Å². The van der Waals surface area contributed by atoms with E-state index >= 15 is 8.78 Å². The normalized spacial score (nSPS) is 16.4. The van der Waals surface area contributed by atoms with Gasteiger partial charge in [0.2, 0.25) is 0 Å². The fourth-order valence-corrected chi connectivity index (χ4v) is 6.53. The van der Waals surface area contributed by atoms with Crippen LogP contribution in [0, 0.1) is 0 Å². The van der Waals surface area contributed by atoms with Crippen molar-refractivity contribution < 1.29 is 149 Å². The topological polar surface area (TPSA) is 0 Å². The van der Waals surface area contributed by atoms with Gasteiger partial charge in [0.25, 0.3) is 0 Å². The van der Waals surface area contributed by atoms with E-state index in [4.69, 9.17) is 0 Å². The van der Waals surface area contributed by atoms with E-state index in [0.29, 0.717) is 0 Å². The molecule has 0 atom stereocenters. The summed E-state index contributed by atoms with van der Waals surface area (Å²) in [5, 5.41) is -0.871. The molecule has 0 aliphatic rings. The van der Waals surface area contributed by atoms with Crippen molar-refractivity contribution in [3.05, 3.63) is 29.3 Å². The first-order valence-electron chi connectivity index (χ1n) is 14.4. The molecule has 0 amide bonds. The molecule has 0 nitrogen and oxygen atoms in total. The van der Waals surface area contributed by atoms with Crippen LogP contribution in [0.4, 0.5) is 149 Å². The maximum absolute atomic E-state index is 15.3. The average Bonchev–Trinajstić information content (AvgIpc) is 3.06. The van der Waals surface area contributed by atoms with Crippen molar-refractivity contribution in [2.45, 2.75) is 120 Å². The van der Waals surface area contributed by atoms with E-state index in [1.165, 1.54) is 0 Å². The molecule has 0 N–H and O–H groups in total. The van der Waals surface area contributed by atoms with Gasteiger partial charge in [-0.25, -0.2) is 0 Å². The van der Waals surface area contributed by atoms with Crippen LogP contribution in [-0.4, -0.2) is 98.4 Å². The van der Waals surface area contributed by atoms with Crippen molar-refractivity contribution in [3.63, 3.8) is 0 Å². The zero-order chi connectivity index (χ0) is 49.7. The summed E-state index contributed by atoms with van der Waals surface area (Å²) >= 11 is -2.36. The Balaban J connectivity index is 4.29. The van der Waals surface area contributed by atoms with Crippen LogP contribution in [0.15, 0.2) is 18.2 Å². The van der Waals surface area contributed by atoms with Gasteiger partial charge in [0.05, 0.1) is 0 Å². The van der Waals surface area contributed by atoms with Gasteiger partial charge in [-0.3, -0.25) is 0 Å². The van der Waals surface area contributed by atoms with Crippen LogP contribution < -0.4 is 4.46 Å². The molecule has 0 aromatic heterocycles. The van der Waals surface area contributed by atoms with Gasteiger partial charge in [-0.15, -0.1) is 0 Å². The van der Waals surface area contributed by atoms with E-state index in [-0.39, 0.29) is 6.42 Å². The van der Waals surface area contributed by atoms with Crippen LogP contribution in [0.1, 0.15) is 30.9 Å². The number of hydrogen-bond acceptors (Lipinski definition) is 0. The maximum atomic E-state index is 15.3. The SMILES string of the molecule is CCCC[Se]c1ccc(C(F)(F)C(F)(F)C(F)(F)C(F)(F)C(F)(F)C(F)(F)C(F)(F)C(F)(F)F)cc1C(F)(F)C(F)(F)C(F)(F)C(F)(F)C(F)(F)C(F)(F)C(F)(F)C(F)(F)F. The van der Waals surface area contributed by atoms with Crippen LogP contribution in [0.25, 0.3) is 0 Å².